The summed E-state index contributed by atoms with van der Waals surface area (Å²) in [7, 11) is 0. The molecule has 0 aliphatic carbocycles. The number of aromatic nitrogens is 4. The molecule has 6 heteroatoms. The quantitative estimate of drug-likeness (QED) is 0.706. The fourth-order valence-corrected chi connectivity index (χ4v) is 1.58. The van der Waals surface area contributed by atoms with Crippen LogP contribution in [-0.4, -0.2) is 10.3 Å². The molecule has 0 spiro atoms. The van der Waals surface area contributed by atoms with Crippen molar-refractivity contribution in [2.24, 2.45) is 0 Å². The SMILES string of the molecule is CC(CCC(C)[n+]1ncco1)[n+]1cnoc1. The summed E-state index contributed by atoms with van der Waals surface area (Å²) in [6.45, 7) is 4.21. The van der Waals surface area contributed by atoms with Gasteiger partial charge in [-0.1, -0.05) is 0 Å². The van der Waals surface area contributed by atoms with Gasteiger partial charge in [0.1, 0.15) is 12.2 Å². The highest BCUT2D eigenvalue weighted by atomic mass is 16.5. The van der Waals surface area contributed by atoms with E-state index in [2.05, 4.69) is 24.1 Å². The highest BCUT2D eigenvalue weighted by Crippen LogP contribution is 2.11. The fourth-order valence-electron chi connectivity index (χ4n) is 1.58. The van der Waals surface area contributed by atoms with Gasteiger partial charge in [0.05, 0.1) is 4.85 Å². The molecule has 16 heavy (non-hydrogen) atoms. The van der Waals surface area contributed by atoms with Crippen molar-refractivity contribution in [3.05, 3.63) is 25.2 Å². The van der Waals surface area contributed by atoms with Gasteiger partial charge in [0.2, 0.25) is 6.04 Å². The van der Waals surface area contributed by atoms with Crippen molar-refractivity contribution in [3.63, 3.8) is 0 Å². The minimum atomic E-state index is 0.262. The van der Waals surface area contributed by atoms with E-state index in [1.807, 2.05) is 4.57 Å². The molecule has 6 nitrogen and oxygen atoms in total. The maximum atomic E-state index is 5.19. The van der Waals surface area contributed by atoms with Gasteiger partial charge in [-0.3, -0.25) is 0 Å². The minimum absolute atomic E-state index is 0.262. The Balaban J connectivity index is 1.84. The second-order valence-electron chi connectivity index (χ2n) is 3.96. The van der Waals surface area contributed by atoms with Gasteiger partial charge >= 0.3 is 12.7 Å². The lowest BCUT2D eigenvalue weighted by Gasteiger charge is -2.05. The van der Waals surface area contributed by atoms with Crippen molar-refractivity contribution in [2.45, 2.75) is 38.8 Å². The van der Waals surface area contributed by atoms with Crippen LogP contribution in [0.25, 0.3) is 0 Å². The molecule has 2 aromatic rings. The fraction of sp³-hybridized carbons (Fsp3) is 0.600. The van der Waals surface area contributed by atoms with Crippen LogP contribution >= 0.6 is 0 Å². The summed E-state index contributed by atoms with van der Waals surface area (Å²) in [5.74, 6) is 0. The number of rotatable bonds is 5. The summed E-state index contributed by atoms with van der Waals surface area (Å²) < 4.78 is 11.9. The Bertz CT molecular complexity index is 358. The maximum Gasteiger partial charge on any atom is 0.337 e. The Morgan fingerprint density at radius 2 is 2.06 bits per heavy atom. The summed E-state index contributed by atoms with van der Waals surface area (Å²) >= 11 is 0. The maximum absolute atomic E-state index is 5.19. The van der Waals surface area contributed by atoms with Crippen molar-refractivity contribution in [3.8, 4) is 0 Å². The molecule has 0 aliphatic heterocycles. The molecule has 0 amide bonds. The van der Waals surface area contributed by atoms with E-state index in [0.717, 1.165) is 12.8 Å². The molecular formula is C10H16N4O2+2. The monoisotopic (exact) mass is 224 g/mol. The Labute approximate surface area is 93.4 Å². The summed E-state index contributed by atoms with van der Waals surface area (Å²) in [5.41, 5.74) is 0. The predicted molar refractivity (Wildman–Crippen MR) is 52.1 cm³/mol. The molecule has 2 atom stereocenters. The zero-order valence-electron chi connectivity index (χ0n) is 9.48. The van der Waals surface area contributed by atoms with E-state index in [1.165, 1.54) is 0 Å². The second kappa shape index (κ2) is 4.87. The van der Waals surface area contributed by atoms with Gasteiger partial charge in [-0.05, 0) is 13.3 Å². The van der Waals surface area contributed by atoms with Crippen LogP contribution in [0.3, 0.4) is 0 Å². The Kier molecular flexibility index (Phi) is 3.28. The van der Waals surface area contributed by atoms with Crippen molar-refractivity contribution in [1.82, 2.24) is 10.3 Å². The topological polar surface area (TPSA) is 59.8 Å². The highest BCUT2D eigenvalue weighted by Gasteiger charge is 2.21. The van der Waals surface area contributed by atoms with Gasteiger partial charge in [0.15, 0.2) is 11.4 Å². The molecule has 0 radical (unpaired) electrons. The summed E-state index contributed by atoms with van der Waals surface area (Å²) in [6, 6.07) is 0.627. The Morgan fingerprint density at radius 1 is 1.25 bits per heavy atom. The van der Waals surface area contributed by atoms with Gasteiger partial charge < -0.3 is 0 Å². The van der Waals surface area contributed by atoms with Gasteiger partial charge in [0, 0.05) is 18.4 Å². The normalized spacial score (nSPS) is 14.9. The lowest BCUT2D eigenvalue weighted by atomic mass is 10.1. The van der Waals surface area contributed by atoms with Gasteiger partial charge in [-0.15, -0.1) is 0 Å². The third-order valence-corrected chi connectivity index (χ3v) is 2.71. The van der Waals surface area contributed by atoms with Crippen LogP contribution in [0.2, 0.25) is 0 Å². The molecule has 2 rings (SSSR count). The number of hydrogen-bond donors (Lipinski definition) is 0. The smallest absolute Gasteiger partial charge is 0.222 e. The van der Waals surface area contributed by atoms with Gasteiger partial charge in [-0.25, -0.2) is 9.05 Å². The molecule has 2 unspecified atom stereocenters. The molecule has 0 bridgehead atoms. The van der Waals surface area contributed by atoms with Crippen molar-refractivity contribution >= 4 is 0 Å². The third kappa shape index (κ3) is 2.44. The standard InChI is InChI=1S/C10H16N4O2/c1-9(13-7-12-15-8-13)3-4-10(2)14-11-5-6-16-14/h5-10H,3-4H2,1-2H3/q+2. The van der Waals surface area contributed by atoms with Crippen molar-refractivity contribution in [1.29, 1.82) is 0 Å². The largest absolute Gasteiger partial charge is 0.337 e. The van der Waals surface area contributed by atoms with Gasteiger partial charge in [0.25, 0.3) is 0 Å². The van der Waals surface area contributed by atoms with Crippen LogP contribution < -0.4 is 9.42 Å². The lowest BCUT2D eigenvalue weighted by molar-refractivity contribution is -0.924. The van der Waals surface area contributed by atoms with E-state index in [1.54, 1.807) is 30.0 Å². The Hall–Kier alpha value is -1.72. The molecule has 0 aromatic carbocycles. The first-order chi connectivity index (χ1) is 7.77. The number of nitrogens with zero attached hydrogens (tertiary/aromatic N) is 4. The average Bonchev–Trinajstić information content (AvgIpc) is 2.95. The average molecular weight is 224 g/mol. The second-order valence-corrected chi connectivity index (χ2v) is 3.96. The van der Waals surface area contributed by atoms with Crippen LogP contribution in [-0.2, 0) is 0 Å². The van der Waals surface area contributed by atoms with Crippen LogP contribution in [0.1, 0.15) is 38.8 Å². The predicted octanol–water partition coefficient (Wildman–Crippen LogP) is 0.840. The first-order valence-electron chi connectivity index (χ1n) is 5.39. The highest BCUT2D eigenvalue weighted by molar-refractivity contribution is 4.50. The third-order valence-electron chi connectivity index (χ3n) is 2.71. The molecule has 2 aromatic heterocycles. The van der Waals surface area contributed by atoms with E-state index in [4.69, 9.17) is 9.05 Å². The van der Waals surface area contributed by atoms with Crippen LogP contribution in [0.5, 0.6) is 0 Å². The van der Waals surface area contributed by atoms with Crippen LogP contribution in [0, 0.1) is 0 Å². The minimum Gasteiger partial charge on any atom is -0.222 e. The van der Waals surface area contributed by atoms with Gasteiger partial charge in [-0.2, -0.15) is 4.57 Å². The first kappa shape index (κ1) is 10.8. The van der Waals surface area contributed by atoms with E-state index < -0.39 is 0 Å². The molecule has 0 aliphatic rings. The van der Waals surface area contributed by atoms with E-state index in [9.17, 15) is 0 Å². The summed E-state index contributed by atoms with van der Waals surface area (Å²) in [4.78, 5) is 1.62. The van der Waals surface area contributed by atoms with E-state index in [-0.39, 0.29) is 6.04 Å². The first-order valence-corrected chi connectivity index (χ1v) is 5.39. The van der Waals surface area contributed by atoms with Crippen molar-refractivity contribution in [2.75, 3.05) is 0 Å². The number of hydrogen-bond acceptors (Lipinski definition) is 4. The summed E-state index contributed by atoms with van der Waals surface area (Å²) in [5, 5.41) is 7.74. The molecule has 86 valence electrons. The van der Waals surface area contributed by atoms with Crippen molar-refractivity contribution < 1.29 is 18.5 Å². The summed E-state index contributed by atoms with van der Waals surface area (Å²) in [6.07, 6.45) is 8.54. The van der Waals surface area contributed by atoms with E-state index in [0.29, 0.717) is 6.04 Å². The zero-order valence-corrected chi connectivity index (χ0v) is 9.48. The van der Waals surface area contributed by atoms with Crippen LogP contribution in [0.15, 0.2) is 34.2 Å². The molecule has 0 N–H and O–H groups in total. The molecule has 0 saturated heterocycles. The zero-order chi connectivity index (χ0) is 11.4. The van der Waals surface area contributed by atoms with E-state index >= 15 is 0 Å². The molecule has 0 fully saturated rings. The Morgan fingerprint density at radius 3 is 2.69 bits per heavy atom. The molecular weight excluding hydrogens is 208 g/mol. The lowest BCUT2D eigenvalue weighted by Crippen LogP contribution is -2.40. The molecule has 0 saturated carbocycles. The molecule has 2 heterocycles. The van der Waals surface area contributed by atoms with Crippen LogP contribution in [0.4, 0.5) is 0 Å².